The molecule has 0 saturated carbocycles. The van der Waals surface area contributed by atoms with Crippen molar-refractivity contribution in [2.24, 2.45) is 0 Å². The molecule has 2 aromatic heterocycles. The number of alkyl halides is 3. The van der Waals surface area contributed by atoms with Crippen LogP contribution in [-0.2, 0) is 24.3 Å². The number of carbonyl (C=O) groups is 2. The van der Waals surface area contributed by atoms with Crippen molar-refractivity contribution in [3.05, 3.63) is 45.9 Å². The normalized spacial score (nSPS) is 16.3. The Labute approximate surface area is 235 Å². The molecule has 15 heteroatoms. The number of likely N-dealkylation sites (tertiary alicyclic amines) is 1. The van der Waals surface area contributed by atoms with Gasteiger partial charge in [-0.15, -0.1) is 11.3 Å². The van der Waals surface area contributed by atoms with Crippen LogP contribution in [-0.4, -0.2) is 80.6 Å². The molecule has 0 spiro atoms. The summed E-state index contributed by atoms with van der Waals surface area (Å²) in [6, 6.07) is 6.88. The van der Waals surface area contributed by atoms with Gasteiger partial charge in [0, 0.05) is 30.2 Å². The van der Waals surface area contributed by atoms with Gasteiger partial charge in [0.05, 0.1) is 16.4 Å². The highest BCUT2D eigenvalue weighted by molar-refractivity contribution is 9.11. The van der Waals surface area contributed by atoms with E-state index in [4.69, 9.17) is 9.47 Å². The number of hydrogen-bond acceptors (Lipinski definition) is 8. The second-order valence-corrected chi connectivity index (χ2v) is 13.6. The molecular formula is C24H25BrF3N3O6S2. The van der Waals surface area contributed by atoms with Crippen molar-refractivity contribution in [1.82, 2.24) is 13.8 Å². The van der Waals surface area contributed by atoms with Gasteiger partial charge in [-0.1, -0.05) is 0 Å². The van der Waals surface area contributed by atoms with E-state index < -0.39 is 34.2 Å². The maximum Gasteiger partial charge on any atom is 0.490 e. The Morgan fingerprint density at radius 3 is 2.41 bits per heavy atom. The SMILES string of the molecule is COc1ccc2c(c1)c(C(OC(=O)C(F)(F)F)C(=O)N(C)C1CCN(C)CC1)cn2S(=O)(=O)c1ccc(Br)s1. The predicted molar refractivity (Wildman–Crippen MR) is 141 cm³/mol. The molecule has 1 aliphatic heterocycles. The second kappa shape index (κ2) is 11.1. The van der Waals surface area contributed by atoms with Crippen molar-refractivity contribution in [3.8, 4) is 5.75 Å². The minimum Gasteiger partial charge on any atom is -0.497 e. The molecule has 1 saturated heterocycles. The number of aromatic nitrogens is 1. The summed E-state index contributed by atoms with van der Waals surface area (Å²) in [5, 5.41) is 0.0821. The molecule has 39 heavy (non-hydrogen) atoms. The lowest BCUT2D eigenvalue weighted by Gasteiger charge is -2.36. The number of ether oxygens (including phenoxy) is 2. The van der Waals surface area contributed by atoms with E-state index in [9.17, 15) is 31.2 Å². The summed E-state index contributed by atoms with van der Waals surface area (Å²) >= 11 is 4.16. The van der Waals surface area contributed by atoms with Crippen molar-refractivity contribution in [3.63, 3.8) is 0 Å². The van der Waals surface area contributed by atoms with Crippen LogP contribution in [0.15, 0.2) is 44.5 Å². The first kappa shape index (κ1) is 29.4. The van der Waals surface area contributed by atoms with Gasteiger partial charge in [-0.05, 0) is 79.2 Å². The van der Waals surface area contributed by atoms with E-state index in [0.29, 0.717) is 29.7 Å². The molecule has 1 amide bonds. The minimum atomic E-state index is -5.38. The Hall–Kier alpha value is -2.62. The number of rotatable bonds is 7. The molecule has 0 bridgehead atoms. The standard InChI is InChI=1S/C24H25BrF3N3O6S2/c1-29-10-8-14(9-11-29)30(2)22(32)21(37-23(33)24(26,27)28)17-13-31(18-5-4-15(36-3)12-16(17)18)39(34,35)20-7-6-19(25)38-20/h4-7,12-14,21H,8-11H2,1-3H3. The molecular weight excluding hydrogens is 627 g/mol. The zero-order valence-corrected chi connectivity index (χ0v) is 24.3. The number of methoxy groups -OCH3 is 1. The van der Waals surface area contributed by atoms with Crippen LogP contribution in [0.4, 0.5) is 13.2 Å². The minimum absolute atomic E-state index is 0.0488. The van der Waals surface area contributed by atoms with Gasteiger partial charge in [0.2, 0.25) is 6.10 Å². The summed E-state index contributed by atoms with van der Waals surface area (Å²) < 4.78 is 78.4. The number of likely N-dealkylation sites (N-methyl/N-ethyl adjacent to an activating group) is 1. The lowest BCUT2D eigenvalue weighted by Crippen LogP contribution is -2.47. The Bertz CT molecular complexity index is 1500. The van der Waals surface area contributed by atoms with Gasteiger partial charge in [0.1, 0.15) is 9.96 Å². The summed E-state index contributed by atoms with van der Waals surface area (Å²) in [4.78, 5) is 29.0. The molecule has 0 N–H and O–H groups in total. The van der Waals surface area contributed by atoms with Crippen LogP contribution >= 0.6 is 27.3 Å². The van der Waals surface area contributed by atoms with Crippen LogP contribution in [0.1, 0.15) is 24.5 Å². The predicted octanol–water partition coefficient (Wildman–Crippen LogP) is 4.41. The van der Waals surface area contributed by atoms with Crippen LogP contribution < -0.4 is 4.74 Å². The van der Waals surface area contributed by atoms with E-state index in [2.05, 4.69) is 20.8 Å². The number of nitrogens with zero attached hydrogens (tertiary/aromatic N) is 3. The topological polar surface area (TPSA) is 98.2 Å². The zero-order chi connectivity index (χ0) is 28.7. The van der Waals surface area contributed by atoms with Crippen LogP contribution in [0, 0.1) is 0 Å². The van der Waals surface area contributed by atoms with E-state index in [0.717, 1.165) is 21.5 Å². The number of esters is 1. The number of fused-ring (bicyclic) bond motifs is 1. The fourth-order valence-electron chi connectivity index (χ4n) is 4.44. The van der Waals surface area contributed by atoms with Gasteiger partial charge in [-0.3, -0.25) is 4.79 Å². The van der Waals surface area contributed by atoms with Crippen molar-refractivity contribution >= 4 is 60.1 Å². The number of hydrogen-bond donors (Lipinski definition) is 0. The van der Waals surface area contributed by atoms with Crippen molar-refractivity contribution in [1.29, 1.82) is 0 Å². The van der Waals surface area contributed by atoms with E-state index >= 15 is 0 Å². The van der Waals surface area contributed by atoms with Gasteiger partial charge >= 0.3 is 12.1 Å². The van der Waals surface area contributed by atoms with E-state index in [-0.39, 0.29) is 32.5 Å². The lowest BCUT2D eigenvalue weighted by atomic mass is 10.0. The van der Waals surface area contributed by atoms with Gasteiger partial charge in [-0.2, -0.15) is 21.6 Å². The lowest BCUT2D eigenvalue weighted by molar-refractivity contribution is -0.207. The average molecular weight is 653 g/mol. The fraction of sp³-hybridized carbons (Fsp3) is 0.417. The van der Waals surface area contributed by atoms with E-state index in [1.54, 1.807) is 6.07 Å². The monoisotopic (exact) mass is 651 g/mol. The first-order valence-electron chi connectivity index (χ1n) is 11.7. The maximum atomic E-state index is 13.7. The van der Waals surface area contributed by atoms with E-state index in [1.165, 1.54) is 43.3 Å². The van der Waals surface area contributed by atoms with Gasteiger partial charge in [0.15, 0.2) is 0 Å². The molecule has 0 radical (unpaired) electrons. The Balaban J connectivity index is 1.88. The molecule has 0 aliphatic carbocycles. The number of benzene rings is 1. The Morgan fingerprint density at radius 1 is 1.18 bits per heavy atom. The van der Waals surface area contributed by atoms with Crippen LogP contribution in [0.3, 0.4) is 0 Å². The largest absolute Gasteiger partial charge is 0.497 e. The Morgan fingerprint density at radius 2 is 1.85 bits per heavy atom. The number of thiophene rings is 1. The third-order valence-electron chi connectivity index (χ3n) is 6.62. The third kappa shape index (κ3) is 5.95. The summed E-state index contributed by atoms with van der Waals surface area (Å²) in [5.41, 5.74) is -0.149. The first-order chi connectivity index (χ1) is 18.2. The molecule has 9 nitrogen and oxygen atoms in total. The van der Waals surface area contributed by atoms with Gasteiger partial charge < -0.3 is 19.3 Å². The zero-order valence-electron chi connectivity index (χ0n) is 21.1. The van der Waals surface area contributed by atoms with Crippen LogP contribution in [0.25, 0.3) is 10.9 Å². The highest BCUT2D eigenvalue weighted by Crippen LogP contribution is 2.37. The smallest absolute Gasteiger partial charge is 0.490 e. The highest BCUT2D eigenvalue weighted by Gasteiger charge is 2.45. The molecule has 212 valence electrons. The number of amides is 1. The summed E-state index contributed by atoms with van der Waals surface area (Å²) in [7, 11) is 0.478. The Kier molecular flexibility index (Phi) is 8.36. The molecule has 3 aromatic rings. The van der Waals surface area contributed by atoms with Crippen LogP contribution in [0.5, 0.6) is 5.75 Å². The fourth-order valence-corrected chi connectivity index (χ4v) is 7.92. The second-order valence-electron chi connectivity index (χ2n) is 9.09. The molecule has 4 rings (SSSR count). The molecule has 1 atom stereocenters. The summed E-state index contributed by atoms with van der Waals surface area (Å²) in [5.74, 6) is -3.21. The van der Waals surface area contributed by atoms with Crippen LogP contribution in [0.2, 0.25) is 0 Å². The van der Waals surface area contributed by atoms with Crippen molar-refractivity contribution in [2.75, 3.05) is 34.3 Å². The maximum absolute atomic E-state index is 13.7. The molecule has 1 fully saturated rings. The molecule has 3 heterocycles. The average Bonchev–Trinajstić information content (AvgIpc) is 3.50. The third-order valence-corrected chi connectivity index (χ3v) is 10.4. The highest BCUT2D eigenvalue weighted by atomic mass is 79.9. The molecule has 1 unspecified atom stereocenters. The van der Waals surface area contributed by atoms with E-state index in [1.807, 2.05) is 7.05 Å². The van der Waals surface area contributed by atoms with Crippen molar-refractivity contribution < 1.29 is 40.7 Å². The summed E-state index contributed by atoms with van der Waals surface area (Å²) in [6.45, 7) is 1.33. The van der Waals surface area contributed by atoms with Crippen molar-refractivity contribution in [2.45, 2.75) is 35.4 Å². The first-order valence-corrected chi connectivity index (χ1v) is 14.7. The van der Waals surface area contributed by atoms with Gasteiger partial charge in [-0.25, -0.2) is 8.77 Å². The number of piperidine rings is 1. The molecule has 1 aliphatic rings. The number of carbonyl (C=O) groups excluding carboxylic acids is 2. The molecule has 1 aromatic carbocycles. The summed E-state index contributed by atoms with van der Waals surface area (Å²) in [6.07, 6.45) is -5.28. The van der Waals surface area contributed by atoms with Gasteiger partial charge in [0.25, 0.3) is 15.9 Å². The number of halogens is 4. The quantitative estimate of drug-likeness (QED) is 0.349.